The third kappa shape index (κ3) is 2.65. The number of imidazole rings is 1. The number of H-pyrrole nitrogens is 1. The van der Waals surface area contributed by atoms with Crippen LogP contribution < -0.4 is 16.3 Å². The maximum absolute atomic E-state index is 12.2. The highest BCUT2D eigenvalue weighted by molar-refractivity contribution is 5.95. The third-order valence-corrected chi connectivity index (χ3v) is 3.64. The van der Waals surface area contributed by atoms with Crippen molar-refractivity contribution in [2.24, 2.45) is 0 Å². The highest BCUT2D eigenvalue weighted by Crippen LogP contribution is 2.30. The molecular weight excluding hydrogens is 308 g/mol. The quantitative estimate of drug-likeness (QED) is 0.461. The largest absolute Gasteiger partial charge is 0.394 e. The summed E-state index contributed by atoms with van der Waals surface area (Å²) in [5, 5.41) is 23.8. The molecule has 0 radical (unpaired) electrons. The van der Waals surface area contributed by atoms with Crippen molar-refractivity contribution >= 4 is 23.0 Å². The maximum Gasteiger partial charge on any atom is 0.329 e. The van der Waals surface area contributed by atoms with Crippen LogP contribution in [0.25, 0.3) is 11.2 Å². The fraction of sp³-hybridized carbons (Fsp3) is 0.500. The Morgan fingerprint density at radius 2 is 2.35 bits per heavy atom. The number of aliphatic hydroxyl groups excluding tert-OH is 2. The summed E-state index contributed by atoms with van der Waals surface area (Å²) < 4.78 is 6.71. The lowest BCUT2D eigenvalue weighted by Crippen LogP contribution is -2.25. The number of rotatable bonds is 3. The van der Waals surface area contributed by atoms with Gasteiger partial charge >= 0.3 is 11.7 Å². The normalized spacial score (nSPS) is 24.0. The van der Waals surface area contributed by atoms with Gasteiger partial charge in [0.25, 0.3) is 0 Å². The van der Waals surface area contributed by atoms with Crippen molar-refractivity contribution in [3.05, 3.63) is 16.8 Å². The van der Waals surface area contributed by atoms with Gasteiger partial charge < -0.3 is 25.3 Å². The number of fused-ring (bicyclic) bond motifs is 1. The van der Waals surface area contributed by atoms with Crippen LogP contribution in [0.3, 0.4) is 0 Å². The Kier molecular flexibility index (Phi) is 3.98. The molecule has 0 aromatic carbocycles. The van der Waals surface area contributed by atoms with Crippen molar-refractivity contribution in [2.45, 2.75) is 24.9 Å². The second-order valence-corrected chi connectivity index (χ2v) is 5.04. The lowest BCUT2D eigenvalue weighted by atomic mass is 10.2. The molecule has 2 aromatic rings. The second kappa shape index (κ2) is 5.95. The Hall–Kier alpha value is -2.50. The van der Waals surface area contributed by atoms with Crippen LogP contribution >= 0.6 is 0 Å². The van der Waals surface area contributed by atoms with E-state index >= 15 is 0 Å². The van der Waals surface area contributed by atoms with Gasteiger partial charge in [-0.05, 0) is 0 Å². The molecule has 5 N–H and O–H groups in total. The number of carbonyl (C=O) groups is 1. The molecule has 3 atom stereocenters. The summed E-state index contributed by atoms with van der Waals surface area (Å²) in [7, 11) is 1.45. The Bertz CT molecular complexity index is 786. The zero-order valence-corrected chi connectivity index (χ0v) is 12.2. The van der Waals surface area contributed by atoms with Gasteiger partial charge in [0.1, 0.15) is 24.2 Å². The number of hydrogen-bond acceptors (Lipinski definition) is 7. The van der Waals surface area contributed by atoms with Crippen LogP contribution in [0.2, 0.25) is 0 Å². The zero-order valence-electron chi connectivity index (χ0n) is 12.2. The van der Waals surface area contributed by atoms with E-state index in [9.17, 15) is 14.7 Å². The Balaban J connectivity index is 2.03. The number of hydrogen-bond donors (Lipinski definition) is 5. The van der Waals surface area contributed by atoms with E-state index in [1.54, 1.807) is 0 Å². The molecule has 0 aliphatic carbocycles. The molecular formula is C12H16N6O5. The van der Waals surface area contributed by atoms with Crippen molar-refractivity contribution < 1.29 is 19.7 Å². The van der Waals surface area contributed by atoms with Crippen molar-refractivity contribution in [3.8, 4) is 0 Å². The summed E-state index contributed by atoms with van der Waals surface area (Å²) in [6.07, 6.45) is -1.08. The lowest BCUT2D eigenvalue weighted by molar-refractivity contribution is -0.0441. The van der Waals surface area contributed by atoms with E-state index < -0.39 is 30.2 Å². The summed E-state index contributed by atoms with van der Waals surface area (Å²) in [5.74, 6) is 0.141. The molecule has 1 aliphatic rings. The van der Waals surface area contributed by atoms with Gasteiger partial charge in [-0.3, -0.25) is 5.32 Å². The van der Waals surface area contributed by atoms with E-state index in [-0.39, 0.29) is 30.0 Å². The second-order valence-electron chi connectivity index (χ2n) is 5.04. The summed E-state index contributed by atoms with van der Waals surface area (Å²) >= 11 is 0. The highest BCUT2D eigenvalue weighted by Gasteiger charge is 2.36. The molecule has 0 saturated carbocycles. The maximum atomic E-state index is 12.2. The molecule has 1 fully saturated rings. The first-order valence-corrected chi connectivity index (χ1v) is 6.93. The smallest absolute Gasteiger partial charge is 0.329 e. The predicted molar refractivity (Wildman–Crippen MR) is 77.8 cm³/mol. The molecule has 2 unspecified atom stereocenters. The van der Waals surface area contributed by atoms with Crippen LogP contribution in [-0.2, 0) is 4.74 Å². The van der Waals surface area contributed by atoms with E-state index in [4.69, 9.17) is 9.84 Å². The van der Waals surface area contributed by atoms with E-state index in [1.807, 2.05) is 0 Å². The molecule has 0 spiro atoms. The lowest BCUT2D eigenvalue weighted by Gasteiger charge is -2.13. The van der Waals surface area contributed by atoms with E-state index in [0.717, 1.165) is 0 Å². The molecule has 124 valence electrons. The van der Waals surface area contributed by atoms with E-state index in [0.29, 0.717) is 0 Å². The molecule has 3 heterocycles. The molecule has 2 amide bonds. The van der Waals surface area contributed by atoms with Crippen molar-refractivity contribution in [1.82, 2.24) is 24.8 Å². The van der Waals surface area contributed by atoms with E-state index in [2.05, 4.69) is 25.6 Å². The average Bonchev–Trinajstić information content (AvgIpc) is 3.06. The number of aromatic nitrogens is 4. The standard InChI is InChI=1S/C12H16N6O5/c1-13-11(21)17-9-8-10(15-4-14-9)18(12(22)16-8)7-2-5(20)6(3-19)23-7/h4-7,19-20H,2-3H2,1H3,(H,16,22)(H2,13,14,15,17,21)/t5-,6?,7?/m1/s1. The summed E-state index contributed by atoms with van der Waals surface area (Å²) in [6.45, 7) is -0.354. The molecule has 23 heavy (non-hydrogen) atoms. The monoisotopic (exact) mass is 324 g/mol. The number of amides is 2. The Morgan fingerprint density at radius 3 is 3.00 bits per heavy atom. The molecule has 2 aromatic heterocycles. The molecule has 1 aliphatic heterocycles. The molecule has 3 rings (SSSR count). The van der Waals surface area contributed by atoms with Crippen LogP contribution in [0.4, 0.5) is 10.6 Å². The number of aromatic amines is 1. The van der Waals surface area contributed by atoms with Crippen LogP contribution in [0.1, 0.15) is 12.6 Å². The van der Waals surface area contributed by atoms with Crippen LogP contribution in [0, 0.1) is 0 Å². The topological polar surface area (TPSA) is 154 Å². The average molecular weight is 324 g/mol. The molecule has 1 saturated heterocycles. The van der Waals surface area contributed by atoms with Crippen molar-refractivity contribution in [3.63, 3.8) is 0 Å². The Morgan fingerprint density at radius 1 is 1.57 bits per heavy atom. The first-order chi connectivity index (χ1) is 11.0. The SMILES string of the molecule is CNC(=O)Nc1ncnc2c1[nH]c(=O)n2C1C[C@@H](O)C(CO)O1. The minimum absolute atomic E-state index is 0.139. The number of aliphatic hydroxyl groups is 2. The van der Waals surface area contributed by atoms with Crippen LogP contribution in [-0.4, -0.2) is 61.6 Å². The van der Waals surface area contributed by atoms with Crippen LogP contribution in [0.15, 0.2) is 11.1 Å². The summed E-state index contributed by atoms with van der Waals surface area (Å²) in [6, 6.07) is -0.494. The number of nitrogens with zero attached hydrogens (tertiary/aromatic N) is 3. The first kappa shape index (κ1) is 15.4. The number of ether oxygens (including phenoxy) is 1. The highest BCUT2D eigenvalue weighted by atomic mass is 16.5. The van der Waals surface area contributed by atoms with E-state index in [1.165, 1.54) is 17.9 Å². The van der Waals surface area contributed by atoms with Gasteiger partial charge in [-0.25, -0.2) is 24.1 Å². The van der Waals surface area contributed by atoms with Crippen molar-refractivity contribution in [2.75, 3.05) is 19.0 Å². The fourth-order valence-electron chi connectivity index (χ4n) is 2.51. The number of urea groups is 1. The third-order valence-electron chi connectivity index (χ3n) is 3.64. The minimum Gasteiger partial charge on any atom is -0.394 e. The Labute approximate surface area is 129 Å². The van der Waals surface area contributed by atoms with Crippen LogP contribution in [0.5, 0.6) is 0 Å². The first-order valence-electron chi connectivity index (χ1n) is 6.93. The van der Waals surface area contributed by atoms with Gasteiger partial charge in [0.15, 0.2) is 11.5 Å². The van der Waals surface area contributed by atoms with Crippen molar-refractivity contribution in [1.29, 1.82) is 0 Å². The number of anilines is 1. The van der Waals surface area contributed by atoms with Gasteiger partial charge in [0, 0.05) is 13.5 Å². The van der Waals surface area contributed by atoms with Gasteiger partial charge in [-0.1, -0.05) is 0 Å². The van der Waals surface area contributed by atoms with Gasteiger partial charge in [-0.2, -0.15) is 0 Å². The molecule has 0 bridgehead atoms. The molecule has 11 nitrogen and oxygen atoms in total. The molecule has 11 heteroatoms. The van der Waals surface area contributed by atoms with Gasteiger partial charge in [0.05, 0.1) is 12.7 Å². The summed E-state index contributed by atoms with van der Waals surface area (Å²) in [5.41, 5.74) is -0.0462. The minimum atomic E-state index is -0.882. The zero-order chi connectivity index (χ0) is 16.6. The van der Waals surface area contributed by atoms with Gasteiger partial charge in [-0.15, -0.1) is 0 Å². The number of nitrogens with one attached hydrogen (secondary N) is 3. The van der Waals surface area contributed by atoms with Gasteiger partial charge in [0.2, 0.25) is 0 Å². The summed E-state index contributed by atoms with van der Waals surface area (Å²) in [4.78, 5) is 34.2. The fourth-order valence-corrected chi connectivity index (χ4v) is 2.51. The number of carbonyl (C=O) groups excluding carboxylic acids is 1. The predicted octanol–water partition coefficient (Wildman–Crippen LogP) is -1.49.